The number of hydrogen-bond donors (Lipinski definition) is 1. The zero-order valence-electron chi connectivity index (χ0n) is 10.9. The average molecular weight is 356 g/mol. The summed E-state index contributed by atoms with van der Waals surface area (Å²) in [5.74, 6) is -0.408. The van der Waals surface area contributed by atoms with E-state index in [-0.39, 0.29) is 0 Å². The van der Waals surface area contributed by atoms with E-state index >= 15 is 0 Å². The van der Waals surface area contributed by atoms with Crippen LogP contribution in [0.3, 0.4) is 0 Å². The molecule has 1 aromatic carbocycles. The predicted molar refractivity (Wildman–Crippen MR) is 82.8 cm³/mol. The SMILES string of the molecule is CCOC(=O)C(Cc1csc2ccc(Br)cc12)NC=O. The summed E-state index contributed by atoms with van der Waals surface area (Å²) in [5, 5.41) is 5.62. The molecule has 0 bridgehead atoms. The molecule has 2 rings (SSSR count). The van der Waals surface area contributed by atoms with Crippen molar-refractivity contribution in [2.45, 2.75) is 19.4 Å². The Morgan fingerprint density at radius 1 is 1.55 bits per heavy atom. The Balaban J connectivity index is 2.26. The third-order valence-electron chi connectivity index (χ3n) is 2.88. The lowest BCUT2D eigenvalue weighted by atomic mass is 10.1. The van der Waals surface area contributed by atoms with Crippen molar-refractivity contribution in [1.82, 2.24) is 5.32 Å². The second kappa shape index (κ2) is 6.85. The Morgan fingerprint density at radius 3 is 3.05 bits per heavy atom. The summed E-state index contributed by atoms with van der Waals surface area (Å²) in [6.07, 6.45) is 0.958. The zero-order chi connectivity index (χ0) is 14.5. The number of halogens is 1. The van der Waals surface area contributed by atoms with Crippen molar-refractivity contribution in [3.8, 4) is 0 Å². The molecule has 0 fully saturated rings. The van der Waals surface area contributed by atoms with E-state index in [1.165, 1.54) is 0 Å². The van der Waals surface area contributed by atoms with E-state index in [1.807, 2.05) is 23.6 Å². The lowest BCUT2D eigenvalue weighted by Gasteiger charge is -2.14. The molecule has 0 saturated heterocycles. The van der Waals surface area contributed by atoms with Crippen molar-refractivity contribution in [1.29, 1.82) is 0 Å². The molecule has 2 aromatic rings. The van der Waals surface area contributed by atoms with Gasteiger partial charge in [-0.05, 0) is 41.5 Å². The Kier molecular flexibility index (Phi) is 5.14. The number of ether oxygens (including phenoxy) is 1. The number of carbonyl (C=O) groups excluding carboxylic acids is 2. The maximum absolute atomic E-state index is 11.8. The zero-order valence-corrected chi connectivity index (χ0v) is 13.3. The Bertz CT molecular complexity index is 626. The van der Waals surface area contributed by atoms with Crippen LogP contribution in [0.15, 0.2) is 28.1 Å². The van der Waals surface area contributed by atoms with Gasteiger partial charge < -0.3 is 10.1 Å². The summed E-state index contributed by atoms with van der Waals surface area (Å²) in [6.45, 7) is 2.04. The number of esters is 1. The lowest BCUT2D eigenvalue weighted by molar-refractivity contribution is -0.146. The minimum Gasteiger partial charge on any atom is -0.464 e. The van der Waals surface area contributed by atoms with Crippen LogP contribution in [0.25, 0.3) is 10.1 Å². The maximum Gasteiger partial charge on any atom is 0.328 e. The largest absolute Gasteiger partial charge is 0.464 e. The van der Waals surface area contributed by atoms with Crippen LogP contribution in [0, 0.1) is 0 Å². The third-order valence-corrected chi connectivity index (χ3v) is 4.39. The fourth-order valence-electron chi connectivity index (χ4n) is 1.97. The van der Waals surface area contributed by atoms with Crippen molar-refractivity contribution in [2.24, 2.45) is 0 Å². The second-order valence-electron chi connectivity index (χ2n) is 4.19. The molecule has 0 radical (unpaired) electrons. The molecule has 0 saturated carbocycles. The van der Waals surface area contributed by atoms with Gasteiger partial charge in [0, 0.05) is 15.6 Å². The second-order valence-corrected chi connectivity index (χ2v) is 6.02. The number of rotatable bonds is 6. The number of fused-ring (bicyclic) bond motifs is 1. The van der Waals surface area contributed by atoms with Crippen molar-refractivity contribution < 1.29 is 14.3 Å². The van der Waals surface area contributed by atoms with Crippen molar-refractivity contribution >= 4 is 49.7 Å². The van der Waals surface area contributed by atoms with E-state index < -0.39 is 12.0 Å². The maximum atomic E-state index is 11.8. The molecule has 0 aliphatic carbocycles. The Hall–Kier alpha value is -1.40. The number of hydrogen-bond acceptors (Lipinski definition) is 4. The molecule has 1 unspecified atom stereocenters. The normalized spacial score (nSPS) is 12.1. The van der Waals surface area contributed by atoms with E-state index in [0.717, 1.165) is 20.1 Å². The summed E-state index contributed by atoms with van der Waals surface area (Å²) in [4.78, 5) is 22.5. The molecule has 1 amide bonds. The first-order valence-electron chi connectivity index (χ1n) is 6.17. The molecule has 1 N–H and O–H groups in total. The fourth-order valence-corrected chi connectivity index (χ4v) is 3.28. The van der Waals surface area contributed by atoms with Gasteiger partial charge in [-0.2, -0.15) is 0 Å². The molecule has 106 valence electrons. The molecular weight excluding hydrogens is 342 g/mol. The molecule has 6 heteroatoms. The minimum atomic E-state index is -0.649. The van der Waals surface area contributed by atoms with E-state index in [1.54, 1.807) is 18.3 Å². The van der Waals surface area contributed by atoms with Gasteiger partial charge in [0.2, 0.25) is 6.41 Å². The van der Waals surface area contributed by atoms with Crippen molar-refractivity contribution in [2.75, 3.05) is 6.61 Å². The first kappa shape index (κ1) is 15.0. The van der Waals surface area contributed by atoms with Crippen molar-refractivity contribution in [3.63, 3.8) is 0 Å². The van der Waals surface area contributed by atoms with Gasteiger partial charge in [-0.3, -0.25) is 4.79 Å². The van der Waals surface area contributed by atoms with Gasteiger partial charge >= 0.3 is 5.97 Å². The molecule has 4 nitrogen and oxygen atoms in total. The first-order chi connectivity index (χ1) is 9.65. The number of nitrogens with one attached hydrogen (secondary N) is 1. The fraction of sp³-hybridized carbons (Fsp3) is 0.286. The van der Waals surface area contributed by atoms with Crippen LogP contribution in [-0.2, 0) is 20.7 Å². The van der Waals surface area contributed by atoms with E-state index in [4.69, 9.17) is 4.74 Å². The third kappa shape index (κ3) is 3.37. The Labute approximate surface area is 129 Å². The summed E-state index contributed by atoms with van der Waals surface area (Å²) in [7, 11) is 0. The number of benzene rings is 1. The molecular formula is C14H14BrNO3S. The van der Waals surface area contributed by atoms with Gasteiger partial charge in [-0.1, -0.05) is 15.9 Å². The van der Waals surface area contributed by atoms with E-state index in [9.17, 15) is 9.59 Å². The quantitative estimate of drug-likeness (QED) is 0.640. The van der Waals surface area contributed by atoms with Crippen LogP contribution in [0.1, 0.15) is 12.5 Å². The molecule has 0 aliphatic rings. The van der Waals surface area contributed by atoms with Gasteiger partial charge in [0.1, 0.15) is 6.04 Å². The van der Waals surface area contributed by atoms with Gasteiger partial charge in [0.25, 0.3) is 0 Å². The summed E-state index contributed by atoms with van der Waals surface area (Å²) in [5.41, 5.74) is 1.03. The van der Waals surface area contributed by atoms with Crippen LogP contribution < -0.4 is 5.32 Å². The standard InChI is InChI=1S/C14H14BrNO3S/c1-2-19-14(18)12(16-8-17)5-9-7-20-13-4-3-10(15)6-11(9)13/h3-4,6-8,12H,2,5H2,1H3,(H,16,17). The van der Waals surface area contributed by atoms with Crippen LogP contribution in [0.2, 0.25) is 0 Å². The van der Waals surface area contributed by atoms with Gasteiger partial charge in [0.15, 0.2) is 0 Å². The highest BCUT2D eigenvalue weighted by Gasteiger charge is 2.21. The average Bonchev–Trinajstić information content (AvgIpc) is 2.81. The lowest BCUT2D eigenvalue weighted by Crippen LogP contribution is -2.39. The van der Waals surface area contributed by atoms with Crippen molar-refractivity contribution in [3.05, 3.63) is 33.6 Å². The monoisotopic (exact) mass is 355 g/mol. The van der Waals surface area contributed by atoms with Gasteiger partial charge in [0.05, 0.1) is 6.61 Å². The summed E-state index contributed by atoms with van der Waals surface area (Å²) in [6, 6.07) is 5.38. The van der Waals surface area contributed by atoms with Crippen LogP contribution in [0.5, 0.6) is 0 Å². The molecule has 1 aromatic heterocycles. The van der Waals surface area contributed by atoms with Crippen LogP contribution in [0.4, 0.5) is 0 Å². The summed E-state index contributed by atoms with van der Waals surface area (Å²) >= 11 is 5.06. The van der Waals surface area contributed by atoms with Crippen LogP contribution in [-0.4, -0.2) is 25.0 Å². The van der Waals surface area contributed by atoms with Gasteiger partial charge in [-0.15, -0.1) is 11.3 Å². The topological polar surface area (TPSA) is 55.4 Å². The predicted octanol–water partition coefficient (Wildman–Crippen LogP) is 2.88. The highest BCUT2D eigenvalue weighted by Crippen LogP contribution is 2.29. The number of amides is 1. The number of carbonyl (C=O) groups is 2. The van der Waals surface area contributed by atoms with Gasteiger partial charge in [-0.25, -0.2) is 4.79 Å². The molecule has 1 atom stereocenters. The molecule has 0 spiro atoms. The first-order valence-corrected chi connectivity index (χ1v) is 7.85. The minimum absolute atomic E-state index is 0.297. The molecule has 1 heterocycles. The van der Waals surface area contributed by atoms with E-state index in [0.29, 0.717) is 19.4 Å². The van der Waals surface area contributed by atoms with E-state index in [2.05, 4.69) is 21.2 Å². The Morgan fingerprint density at radius 2 is 2.35 bits per heavy atom. The molecule has 0 aliphatic heterocycles. The highest BCUT2D eigenvalue weighted by atomic mass is 79.9. The highest BCUT2D eigenvalue weighted by molar-refractivity contribution is 9.10. The number of thiophene rings is 1. The summed E-state index contributed by atoms with van der Waals surface area (Å²) < 4.78 is 7.11. The smallest absolute Gasteiger partial charge is 0.328 e. The molecule has 20 heavy (non-hydrogen) atoms. The van der Waals surface area contributed by atoms with Crippen LogP contribution >= 0.6 is 27.3 Å².